The lowest BCUT2D eigenvalue weighted by atomic mass is 9.75. The number of hydrogen-bond acceptors (Lipinski definition) is 14. The topological polar surface area (TPSA) is 211 Å². The fourth-order valence-electron chi connectivity index (χ4n) is 9.15. The smallest absolute Gasteiger partial charge is 0.407 e. The summed E-state index contributed by atoms with van der Waals surface area (Å²) in [6.45, 7) is 14.1. The Morgan fingerprint density at radius 3 is 1.57 bits per heavy atom. The number of benzene rings is 1. The summed E-state index contributed by atoms with van der Waals surface area (Å²) in [7, 11) is 1.32. The van der Waals surface area contributed by atoms with Crippen molar-refractivity contribution >= 4 is 53.7 Å². The predicted octanol–water partition coefficient (Wildman–Crippen LogP) is 12.6. The predicted molar refractivity (Wildman–Crippen MR) is 305 cm³/mol. The number of ether oxygens (including phenoxy) is 6. The molecule has 77 heavy (non-hydrogen) atoms. The van der Waals surface area contributed by atoms with Gasteiger partial charge in [0.15, 0.2) is 0 Å². The molecule has 0 heterocycles. The molecule has 0 spiro atoms. The van der Waals surface area contributed by atoms with Gasteiger partial charge in [0.2, 0.25) is 0 Å². The molecule has 4 atom stereocenters. The third-order valence-electron chi connectivity index (χ3n) is 13.7. The highest BCUT2D eigenvalue weighted by molar-refractivity contribution is 7.99. The lowest BCUT2D eigenvalue weighted by molar-refractivity contribution is -0.161. The van der Waals surface area contributed by atoms with Crippen LogP contribution in [0.3, 0.4) is 0 Å². The maximum atomic E-state index is 13.6. The Morgan fingerprint density at radius 2 is 1.03 bits per heavy atom. The lowest BCUT2D eigenvalue weighted by Gasteiger charge is -2.33. The van der Waals surface area contributed by atoms with Crippen LogP contribution in [0.4, 0.5) is 9.59 Å². The summed E-state index contributed by atoms with van der Waals surface area (Å²) in [5, 5.41) is 8.01. The van der Waals surface area contributed by atoms with Crippen molar-refractivity contribution in [2.75, 3.05) is 64.7 Å². The van der Waals surface area contributed by atoms with Crippen molar-refractivity contribution in [3.05, 3.63) is 35.9 Å². The number of methoxy groups -OCH3 is 1. The van der Waals surface area contributed by atoms with Crippen molar-refractivity contribution < 1.29 is 62.0 Å². The molecule has 3 N–H and O–H groups in total. The Balaban J connectivity index is 2.61. The maximum absolute atomic E-state index is 13.6. The molecule has 0 fully saturated rings. The van der Waals surface area contributed by atoms with Crippen LogP contribution < -0.4 is 16.0 Å². The third-order valence-corrected chi connectivity index (χ3v) is 15.0. The second-order valence-electron chi connectivity index (χ2n) is 21.5. The highest BCUT2D eigenvalue weighted by Gasteiger charge is 2.44. The molecule has 0 bridgehead atoms. The van der Waals surface area contributed by atoms with E-state index in [1.165, 1.54) is 102 Å². The molecular weight excluding hydrogens is 1000 g/mol. The van der Waals surface area contributed by atoms with Gasteiger partial charge in [0.25, 0.3) is 0 Å². The number of unbranched alkanes of at least 4 members (excludes halogenated alkanes) is 18. The van der Waals surface area contributed by atoms with Crippen molar-refractivity contribution in [2.45, 2.75) is 209 Å². The van der Waals surface area contributed by atoms with E-state index in [0.717, 1.165) is 50.5 Å². The van der Waals surface area contributed by atoms with Crippen LogP contribution in [-0.4, -0.2) is 107 Å². The minimum Gasteiger partial charge on any atom is -0.469 e. The molecule has 0 saturated carbocycles. The molecule has 0 aliphatic carbocycles. The first kappa shape index (κ1) is 70.5. The minimum atomic E-state index is -0.999. The third kappa shape index (κ3) is 34.9. The largest absolute Gasteiger partial charge is 0.469 e. The van der Waals surface area contributed by atoms with Crippen LogP contribution in [0.25, 0.3) is 0 Å². The van der Waals surface area contributed by atoms with Crippen molar-refractivity contribution in [2.24, 2.45) is 28.6 Å². The Hall–Kier alpha value is -4.54. The van der Waals surface area contributed by atoms with Crippen molar-refractivity contribution in [1.29, 1.82) is 0 Å². The second kappa shape index (κ2) is 44.3. The molecule has 17 heteroatoms. The number of carbonyl (C=O) groups is 7. The van der Waals surface area contributed by atoms with Gasteiger partial charge in [-0.05, 0) is 64.9 Å². The Bertz CT molecular complexity index is 1770. The van der Waals surface area contributed by atoms with E-state index in [1.54, 1.807) is 27.7 Å². The standard InChI is InChI=1S/C60H103N3O13S/c1-9-12-14-16-18-20-22-24-26-31-37-72-54(66)51(44-50(11-3)53(65)74-39-35-61-57(69)63-45-49-33-29-28-30-34-49)43-48(4)52(64)73-40-36-62-58(70)76-41-42-77-47-60(7,56(68)71-8)46-59(5,6)55(67)75-38-32-27-25-23-21-19-17-15-13-10-2/h28-30,33-34,48,50-51H,9-27,31-32,35-47H2,1-8H3,(H,62,70)(H2,61,63,69). The first-order chi connectivity index (χ1) is 37.0. The molecule has 4 unspecified atom stereocenters. The number of carbonyl (C=O) groups excluding carboxylic acids is 7. The zero-order valence-corrected chi connectivity index (χ0v) is 49.7. The molecule has 1 aromatic rings. The molecule has 3 amide bonds. The van der Waals surface area contributed by atoms with Crippen LogP contribution >= 0.6 is 11.8 Å². The first-order valence-electron chi connectivity index (χ1n) is 29.3. The van der Waals surface area contributed by atoms with Crippen molar-refractivity contribution in [3.8, 4) is 0 Å². The van der Waals surface area contributed by atoms with E-state index < -0.39 is 64.6 Å². The number of thioether (sulfide) groups is 1. The van der Waals surface area contributed by atoms with Gasteiger partial charge in [-0.1, -0.05) is 174 Å². The van der Waals surface area contributed by atoms with Gasteiger partial charge in [0.1, 0.15) is 19.8 Å². The molecule has 1 rings (SSSR count). The molecule has 0 saturated heterocycles. The number of urea groups is 1. The van der Waals surface area contributed by atoms with E-state index >= 15 is 0 Å². The van der Waals surface area contributed by atoms with Crippen molar-refractivity contribution in [3.63, 3.8) is 0 Å². The first-order valence-corrected chi connectivity index (χ1v) is 30.5. The van der Waals surface area contributed by atoms with E-state index in [4.69, 9.17) is 28.4 Å². The Labute approximate surface area is 468 Å². The van der Waals surface area contributed by atoms with Gasteiger partial charge in [-0.3, -0.25) is 24.0 Å². The van der Waals surface area contributed by atoms with Gasteiger partial charge in [0.05, 0.1) is 62.0 Å². The van der Waals surface area contributed by atoms with Gasteiger partial charge in [-0.15, -0.1) is 0 Å². The van der Waals surface area contributed by atoms with E-state index in [1.807, 2.05) is 37.3 Å². The number of amides is 3. The zero-order valence-electron chi connectivity index (χ0n) is 48.9. The van der Waals surface area contributed by atoms with E-state index in [-0.39, 0.29) is 64.7 Å². The molecule has 16 nitrogen and oxygen atoms in total. The molecule has 0 aliphatic heterocycles. The normalized spacial score (nSPS) is 13.2. The van der Waals surface area contributed by atoms with E-state index in [0.29, 0.717) is 31.1 Å². The van der Waals surface area contributed by atoms with Crippen LogP contribution in [0.5, 0.6) is 0 Å². The number of esters is 5. The van der Waals surface area contributed by atoms with Crippen LogP contribution in [0.1, 0.15) is 208 Å². The zero-order chi connectivity index (χ0) is 57.0. The highest BCUT2D eigenvalue weighted by Crippen LogP contribution is 2.38. The Morgan fingerprint density at radius 1 is 0.532 bits per heavy atom. The number of alkyl carbamates (subject to hydrolysis) is 1. The second-order valence-corrected chi connectivity index (χ2v) is 22.6. The molecule has 0 radical (unpaired) electrons. The summed E-state index contributed by atoms with van der Waals surface area (Å²) in [4.78, 5) is 90.9. The SMILES string of the molecule is CCCCCCCCCCCCOC(=O)C(CC(C)C(=O)OCCNC(=O)OCCSCC(C)(CC(C)(C)C(=O)OCCCCCCCCCCCC)C(=O)OC)CC(CC)C(=O)OCCNC(=O)NCc1ccccc1. The summed E-state index contributed by atoms with van der Waals surface area (Å²) in [6.07, 6.45) is 23.3. The van der Waals surface area contributed by atoms with Gasteiger partial charge in [-0.25, -0.2) is 9.59 Å². The number of hydrogen-bond donors (Lipinski definition) is 3. The fourth-order valence-corrected chi connectivity index (χ4v) is 10.2. The van der Waals surface area contributed by atoms with Crippen LogP contribution in [0.2, 0.25) is 0 Å². The van der Waals surface area contributed by atoms with Crippen LogP contribution in [0.15, 0.2) is 30.3 Å². The minimum absolute atomic E-state index is 0.0210. The van der Waals surface area contributed by atoms with Gasteiger partial charge in [-0.2, -0.15) is 11.8 Å². The Kier molecular flexibility index (Phi) is 40.6. The average molecular weight is 1110 g/mol. The average Bonchev–Trinajstić information content (AvgIpc) is 3.41. The number of nitrogens with one attached hydrogen (secondary N) is 3. The molecule has 0 aromatic heterocycles. The molecular formula is C60H103N3O13S. The van der Waals surface area contributed by atoms with E-state index in [2.05, 4.69) is 29.8 Å². The van der Waals surface area contributed by atoms with Crippen LogP contribution in [-0.2, 0) is 58.9 Å². The number of rotatable bonds is 47. The van der Waals surface area contributed by atoms with E-state index in [9.17, 15) is 33.6 Å². The lowest BCUT2D eigenvalue weighted by Crippen LogP contribution is -2.40. The van der Waals surface area contributed by atoms with Crippen LogP contribution in [0, 0.1) is 28.6 Å². The summed E-state index contributed by atoms with van der Waals surface area (Å²) >= 11 is 1.40. The fraction of sp³-hybridized carbons (Fsp3) is 0.783. The monoisotopic (exact) mass is 1110 g/mol. The summed E-state index contributed by atoms with van der Waals surface area (Å²) in [5.41, 5.74) is -0.984. The molecule has 1 aromatic carbocycles. The molecule has 442 valence electrons. The van der Waals surface area contributed by atoms with Gasteiger partial charge in [0, 0.05) is 18.1 Å². The highest BCUT2D eigenvalue weighted by atomic mass is 32.2. The van der Waals surface area contributed by atoms with Gasteiger partial charge < -0.3 is 44.4 Å². The maximum Gasteiger partial charge on any atom is 0.407 e. The summed E-state index contributed by atoms with van der Waals surface area (Å²) in [6, 6.07) is 9.08. The molecule has 0 aliphatic rings. The summed E-state index contributed by atoms with van der Waals surface area (Å²) < 4.78 is 32.8. The van der Waals surface area contributed by atoms with Crippen molar-refractivity contribution in [1.82, 2.24) is 16.0 Å². The van der Waals surface area contributed by atoms with Gasteiger partial charge >= 0.3 is 42.0 Å². The quantitative estimate of drug-likeness (QED) is 0.0315. The summed E-state index contributed by atoms with van der Waals surface area (Å²) in [5.74, 6) is -3.83.